The molecule has 32 heavy (non-hydrogen) atoms. The third-order valence-electron chi connectivity index (χ3n) is 6.17. The number of nitrogens with one attached hydrogen (secondary N) is 3. The van der Waals surface area contributed by atoms with Gasteiger partial charge < -0.3 is 25.8 Å². The summed E-state index contributed by atoms with van der Waals surface area (Å²) in [5.41, 5.74) is 0.878. The van der Waals surface area contributed by atoms with E-state index >= 15 is 0 Å². The molecule has 0 spiro atoms. The number of carboxylic acid groups (broad SMARTS) is 1. The summed E-state index contributed by atoms with van der Waals surface area (Å²) in [6.07, 6.45) is 10.6. The number of carbonyl (C=O) groups is 2. The molecule has 1 aromatic carbocycles. The third kappa shape index (κ3) is 7.60. The fraction of sp³-hybridized carbons (Fsp3) is 0.542. The number of fused-ring (bicyclic) bond motifs is 2. The lowest BCUT2D eigenvalue weighted by molar-refractivity contribution is -0.137. The van der Waals surface area contributed by atoms with E-state index in [2.05, 4.69) is 28.1 Å². The summed E-state index contributed by atoms with van der Waals surface area (Å²) in [6, 6.07) is 9.58. The summed E-state index contributed by atoms with van der Waals surface area (Å²) in [6.45, 7) is 0.754. The van der Waals surface area contributed by atoms with Gasteiger partial charge >= 0.3 is 5.97 Å². The first-order chi connectivity index (χ1) is 15.5. The standard InChI is InChI=1S/C24H33N3O4S/c28-22(16-26-24(32)27-17-8-4-3-5-9-17)25-15-14-19-18(20-12-13-21(19)31-20)10-6-1-2-7-11-23(29)30/h1,3-6,8-9,18-21H,2,7,10-16H2,(H,25,28)(H,29,30)(H2,26,27,32)/b6-1-/t18-,19+,20-,21+/m1/s1. The molecule has 8 heteroatoms. The van der Waals surface area contributed by atoms with E-state index in [0.717, 1.165) is 37.8 Å². The van der Waals surface area contributed by atoms with Crippen molar-refractivity contribution in [3.63, 3.8) is 0 Å². The van der Waals surface area contributed by atoms with Gasteiger partial charge in [0.2, 0.25) is 5.91 Å². The molecule has 2 saturated heterocycles. The lowest BCUT2D eigenvalue weighted by Crippen LogP contribution is -2.40. The fourth-order valence-electron chi connectivity index (χ4n) is 4.64. The van der Waals surface area contributed by atoms with Gasteiger partial charge in [-0.25, -0.2) is 0 Å². The zero-order valence-electron chi connectivity index (χ0n) is 18.3. The molecule has 174 valence electrons. The predicted molar refractivity (Wildman–Crippen MR) is 128 cm³/mol. The van der Waals surface area contributed by atoms with Gasteiger partial charge in [0.15, 0.2) is 5.11 Å². The Balaban J connectivity index is 1.33. The number of rotatable bonds is 12. The number of hydrogen-bond donors (Lipinski definition) is 4. The number of anilines is 1. The lowest BCUT2D eigenvalue weighted by atomic mass is 9.76. The molecular weight excluding hydrogens is 426 g/mol. The van der Waals surface area contributed by atoms with E-state index in [1.165, 1.54) is 0 Å². The van der Waals surface area contributed by atoms with Crippen LogP contribution in [0.1, 0.15) is 44.9 Å². The van der Waals surface area contributed by atoms with Crippen molar-refractivity contribution < 1.29 is 19.4 Å². The molecule has 2 aliphatic rings. The Labute approximate surface area is 195 Å². The molecule has 2 bridgehead atoms. The van der Waals surface area contributed by atoms with Gasteiger partial charge in [0.05, 0.1) is 18.8 Å². The molecule has 2 aliphatic heterocycles. The number of hydrogen-bond acceptors (Lipinski definition) is 4. The number of carbonyl (C=O) groups excluding carboxylic acids is 1. The van der Waals surface area contributed by atoms with Crippen LogP contribution in [-0.4, -0.2) is 47.4 Å². The molecular formula is C24H33N3O4S. The average Bonchev–Trinajstić information content (AvgIpc) is 3.37. The minimum Gasteiger partial charge on any atom is -0.481 e. The molecule has 0 aromatic heterocycles. The highest BCUT2D eigenvalue weighted by molar-refractivity contribution is 7.80. The summed E-state index contributed by atoms with van der Waals surface area (Å²) in [5.74, 6) is 0.0984. The molecule has 7 nitrogen and oxygen atoms in total. The monoisotopic (exact) mass is 459 g/mol. The van der Waals surface area contributed by atoms with E-state index in [1.54, 1.807) is 0 Å². The fourth-order valence-corrected chi connectivity index (χ4v) is 4.83. The van der Waals surface area contributed by atoms with Crippen LogP contribution in [0.2, 0.25) is 0 Å². The van der Waals surface area contributed by atoms with Crippen molar-refractivity contribution in [1.82, 2.24) is 10.6 Å². The topological polar surface area (TPSA) is 99.7 Å². The van der Waals surface area contributed by atoms with Crippen molar-refractivity contribution in [2.45, 2.75) is 57.2 Å². The van der Waals surface area contributed by atoms with Crippen molar-refractivity contribution in [3.05, 3.63) is 42.5 Å². The van der Waals surface area contributed by atoms with E-state index in [4.69, 9.17) is 22.1 Å². The average molecular weight is 460 g/mol. The van der Waals surface area contributed by atoms with Crippen LogP contribution >= 0.6 is 12.2 Å². The molecule has 1 aromatic rings. The maximum atomic E-state index is 12.2. The number of thiocarbonyl (C=S) groups is 1. The molecule has 1 amide bonds. The van der Waals surface area contributed by atoms with E-state index in [1.807, 2.05) is 30.3 Å². The van der Waals surface area contributed by atoms with Crippen molar-refractivity contribution in [1.29, 1.82) is 0 Å². The number of benzene rings is 1. The van der Waals surface area contributed by atoms with E-state index in [-0.39, 0.29) is 18.9 Å². The summed E-state index contributed by atoms with van der Waals surface area (Å²) in [7, 11) is 0. The quantitative estimate of drug-likeness (QED) is 0.216. The molecule has 0 saturated carbocycles. The number of carboxylic acids is 1. The predicted octanol–water partition coefficient (Wildman–Crippen LogP) is 3.47. The lowest BCUT2D eigenvalue weighted by Gasteiger charge is -2.27. The van der Waals surface area contributed by atoms with Gasteiger partial charge in [-0.3, -0.25) is 9.59 Å². The van der Waals surface area contributed by atoms with Crippen molar-refractivity contribution >= 4 is 34.9 Å². The molecule has 0 radical (unpaired) electrons. The van der Waals surface area contributed by atoms with E-state index in [9.17, 15) is 9.59 Å². The maximum Gasteiger partial charge on any atom is 0.303 e. The summed E-state index contributed by atoms with van der Waals surface area (Å²) >= 11 is 5.23. The van der Waals surface area contributed by atoms with Crippen LogP contribution in [0.3, 0.4) is 0 Å². The number of ether oxygens (including phenoxy) is 1. The zero-order valence-corrected chi connectivity index (χ0v) is 19.1. The summed E-state index contributed by atoms with van der Waals surface area (Å²) < 4.78 is 6.14. The highest BCUT2D eigenvalue weighted by atomic mass is 32.1. The Kier molecular flexibility index (Phi) is 9.49. The van der Waals surface area contributed by atoms with Crippen LogP contribution in [-0.2, 0) is 14.3 Å². The highest BCUT2D eigenvalue weighted by Crippen LogP contribution is 2.46. The first-order valence-corrected chi connectivity index (χ1v) is 11.8. The molecule has 4 atom stereocenters. The molecule has 4 N–H and O–H groups in total. The molecule has 0 unspecified atom stereocenters. The highest BCUT2D eigenvalue weighted by Gasteiger charge is 2.47. The van der Waals surface area contributed by atoms with Gasteiger partial charge in [-0.1, -0.05) is 30.4 Å². The van der Waals surface area contributed by atoms with Gasteiger partial charge in [-0.15, -0.1) is 0 Å². The minimum absolute atomic E-state index is 0.0823. The Bertz CT molecular complexity index is 802. The maximum absolute atomic E-state index is 12.2. The number of amides is 1. The number of unbranched alkanes of at least 4 members (excludes halogenated alkanes) is 1. The first kappa shape index (κ1) is 24.2. The summed E-state index contributed by atoms with van der Waals surface area (Å²) in [5, 5.41) is 18.1. The van der Waals surface area contributed by atoms with Crippen molar-refractivity contribution in [2.24, 2.45) is 11.8 Å². The largest absolute Gasteiger partial charge is 0.481 e. The van der Waals surface area contributed by atoms with Crippen LogP contribution < -0.4 is 16.0 Å². The third-order valence-corrected chi connectivity index (χ3v) is 6.41. The normalized spacial score (nSPS) is 23.9. The molecule has 0 aliphatic carbocycles. The Hall–Kier alpha value is -2.45. The number of allylic oxidation sites excluding steroid dienone is 2. The summed E-state index contributed by atoms with van der Waals surface area (Å²) in [4.78, 5) is 22.8. The first-order valence-electron chi connectivity index (χ1n) is 11.4. The number of aliphatic carboxylic acids is 1. The van der Waals surface area contributed by atoms with Crippen molar-refractivity contribution in [2.75, 3.05) is 18.4 Å². The number of para-hydroxylation sites is 1. The minimum atomic E-state index is -0.744. The van der Waals surface area contributed by atoms with Gasteiger partial charge in [0.25, 0.3) is 0 Å². The van der Waals surface area contributed by atoms with Crippen LogP contribution in [0, 0.1) is 11.8 Å². The Morgan fingerprint density at radius 1 is 1.09 bits per heavy atom. The SMILES string of the molecule is O=C(O)CCC/C=C\C[C@@H]1[C@H](CCNC(=O)CNC(=S)Nc2ccccc2)[C@@H]2CC[C@H]1O2. The second-order valence-electron chi connectivity index (χ2n) is 8.42. The Morgan fingerprint density at radius 2 is 1.84 bits per heavy atom. The molecule has 2 heterocycles. The van der Waals surface area contributed by atoms with Crippen LogP contribution in [0.15, 0.2) is 42.5 Å². The van der Waals surface area contributed by atoms with Crippen LogP contribution in [0.25, 0.3) is 0 Å². The van der Waals surface area contributed by atoms with Gasteiger partial charge in [-0.05, 0) is 74.7 Å². The van der Waals surface area contributed by atoms with E-state index < -0.39 is 5.97 Å². The second kappa shape index (κ2) is 12.6. The smallest absolute Gasteiger partial charge is 0.303 e. The van der Waals surface area contributed by atoms with Crippen LogP contribution in [0.4, 0.5) is 5.69 Å². The Morgan fingerprint density at radius 3 is 2.59 bits per heavy atom. The zero-order chi connectivity index (χ0) is 22.8. The van der Waals surface area contributed by atoms with Crippen molar-refractivity contribution in [3.8, 4) is 0 Å². The van der Waals surface area contributed by atoms with Gasteiger partial charge in [0, 0.05) is 18.7 Å². The second-order valence-corrected chi connectivity index (χ2v) is 8.83. The van der Waals surface area contributed by atoms with Crippen LogP contribution in [0.5, 0.6) is 0 Å². The van der Waals surface area contributed by atoms with Gasteiger partial charge in [0.1, 0.15) is 0 Å². The van der Waals surface area contributed by atoms with E-state index in [0.29, 0.717) is 42.1 Å². The molecule has 2 fully saturated rings. The van der Waals surface area contributed by atoms with Gasteiger partial charge in [-0.2, -0.15) is 0 Å². The molecule has 3 rings (SSSR count).